The minimum Gasteiger partial charge on any atom is -0.383 e. The Bertz CT molecular complexity index is 1280. The van der Waals surface area contributed by atoms with E-state index in [9.17, 15) is 10.1 Å². The lowest BCUT2D eigenvalue weighted by molar-refractivity contribution is -0.117. The molecule has 1 aromatic carbocycles. The van der Waals surface area contributed by atoms with E-state index in [1.165, 1.54) is 0 Å². The van der Waals surface area contributed by atoms with Crippen LogP contribution >= 0.6 is 0 Å². The maximum absolute atomic E-state index is 12.8. The number of rotatable bonds is 6. The van der Waals surface area contributed by atoms with E-state index in [4.69, 9.17) is 10.3 Å². The number of hydrogen-bond donors (Lipinski definition) is 2. The number of nitrogen functional groups attached to an aromatic ring is 1. The lowest BCUT2D eigenvalue weighted by Gasteiger charge is -2.41. The Balaban J connectivity index is 1.28. The molecule has 0 spiro atoms. The molecule has 2 aliphatic rings. The van der Waals surface area contributed by atoms with Crippen molar-refractivity contribution in [1.29, 1.82) is 5.26 Å². The monoisotopic (exact) mass is 458 g/mol. The predicted octanol–water partition coefficient (Wildman–Crippen LogP) is 5.15. The molecule has 3 N–H and O–H groups in total. The van der Waals surface area contributed by atoms with Gasteiger partial charge in [0.05, 0.1) is 17.2 Å². The maximum Gasteiger partial charge on any atom is 0.234 e. The summed E-state index contributed by atoms with van der Waals surface area (Å²) in [5.74, 6) is 0.617. The van der Waals surface area contributed by atoms with Gasteiger partial charge in [-0.2, -0.15) is 10.4 Å². The van der Waals surface area contributed by atoms with Gasteiger partial charge in [0, 0.05) is 17.5 Å². The molecule has 0 radical (unpaired) electrons. The van der Waals surface area contributed by atoms with Crippen LogP contribution in [0.25, 0.3) is 11.3 Å². The summed E-state index contributed by atoms with van der Waals surface area (Å²) >= 11 is 0. The molecule has 3 aromatic rings. The zero-order valence-corrected chi connectivity index (χ0v) is 20.1. The summed E-state index contributed by atoms with van der Waals surface area (Å²) < 4.78 is 7.14. The highest BCUT2D eigenvalue weighted by atomic mass is 16.5. The number of nitrogens with zero attached hydrogens (tertiary/aromatic N) is 4. The molecular weight excluding hydrogens is 428 g/mol. The molecule has 2 fully saturated rings. The lowest BCUT2D eigenvalue weighted by Crippen LogP contribution is -2.29. The second-order valence-electron chi connectivity index (χ2n) is 10.8. The molecule has 34 heavy (non-hydrogen) atoms. The van der Waals surface area contributed by atoms with E-state index < -0.39 is 5.92 Å². The molecule has 0 bridgehead atoms. The second-order valence-corrected chi connectivity index (χ2v) is 10.8. The smallest absolute Gasteiger partial charge is 0.234 e. The van der Waals surface area contributed by atoms with Crippen LogP contribution in [-0.2, 0) is 10.3 Å². The minimum absolute atomic E-state index is 0.101. The summed E-state index contributed by atoms with van der Waals surface area (Å²) in [6, 6.07) is 11.6. The number of carbonyl (C=O) groups is 1. The van der Waals surface area contributed by atoms with Gasteiger partial charge < -0.3 is 10.3 Å². The molecular formula is C26H30N6O2. The second kappa shape index (κ2) is 7.73. The SMILES string of the molecule is CC(C(=O)Nc1cc(C2CC(C)(C)C2)no1)c1ccc(-c2nn(C3(C)CC3)c(N)c2C#N)cc1. The van der Waals surface area contributed by atoms with E-state index >= 15 is 0 Å². The van der Waals surface area contributed by atoms with Crippen molar-refractivity contribution < 1.29 is 9.32 Å². The first kappa shape index (κ1) is 22.2. The average Bonchev–Trinajstić information content (AvgIpc) is 3.21. The molecule has 2 aliphatic carbocycles. The summed E-state index contributed by atoms with van der Waals surface area (Å²) in [7, 11) is 0. The average molecular weight is 459 g/mol. The lowest BCUT2D eigenvalue weighted by atomic mass is 9.63. The number of aromatic nitrogens is 3. The molecule has 2 saturated carbocycles. The first-order valence-electron chi connectivity index (χ1n) is 11.8. The Labute approximate surface area is 199 Å². The standard InChI is InChI=1S/C26H30N6O2/c1-15(24(33)29-21-11-20(31-34-21)18-12-25(2,3)13-18)16-5-7-17(8-6-16)22-19(14-27)23(28)32(30-22)26(4)9-10-26/h5-8,11,15,18H,9-10,12-13,28H2,1-4H3,(H,29,33). The summed E-state index contributed by atoms with van der Waals surface area (Å²) in [5.41, 5.74) is 9.99. The molecule has 0 aliphatic heterocycles. The number of nitrogens with two attached hydrogens (primary N) is 1. The number of hydrogen-bond acceptors (Lipinski definition) is 6. The highest BCUT2D eigenvalue weighted by Gasteiger charge is 2.43. The van der Waals surface area contributed by atoms with Crippen molar-refractivity contribution in [3.05, 3.63) is 47.2 Å². The maximum atomic E-state index is 12.8. The van der Waals surface area contributed by atoms with Gasteiger partial charge in [-0.05, 0) is 50.5 Å². The zero-order chi connectivity index (χ0) is 24.3. The predicted molar refractivity (Wildman–Crippen MR) is 129 cm³/mol. The first-order valence-corrected chi connectivity index (χ1v) is 11.8. The van der Waals surface area contributed by atoms with Crippen LogP contribution in [0.15, 0.2) is 34.9 Å². The third-order valence-corrected chi connectivity index (χ3v) is 7.39. The van der Waals surface area contributed by atoms with Crippen LogP contribution in [0.4, 0.5) is 11.7 Å². The van der Waals surface area contributed by atoms with Gasteiger partial charge in [-0.25, -0.2) is 4.68 Å². The highest BCUT2D eigenvalue weighted by Crippen LogP contribution is 2.50. The molecule has 8 heteroatoms. The molecule has 5 rings (SSSR count). The van der Waals surface area contributed by atoms with Crippen LogP contribution in [0.5, 0.6) is 0 Å². The number of nitrogens with one attached hydrogen (secondary N) is 1. The Morgan fingerprint density at radius 1 is 1.26 bits per heavy atom. The van der Waals surface area contributed by atoms with Gasteiger partial charge in [0.1, 0.15) is 23.1 Å². The molecule has 0 saturated heterocycles. The van der Waals surface area contributed by atoms with Crippen molar-refractivity contribution in [3.8, 4) is 17.3 Å². The quantitative estimate of drug-likeness (QED) is 0.527. The number of anilines is 2. The van der Waals surface area contributed by atoms with Crippen LogP contribution in [0.3, 0.4) is 0 Å². The van der Waals surface area contributed by atoms with Gasteiger partial charge in [0.15, 0.2) is 0 Å². The van der Waals surface area contributed by atoms with E-state index in [1.54, 1.807) is 4.68 Å². The molecule has 1 amide bonds. The van der Waals surface area contributed by atoms with Gasteiger partial charge in [-0.3, -0.25) is 10.1 Å². The molecule has 8 nitrogen and oxygen atoms in total. The normalized spacial score (nSPS) is 19.1. The number of benzene rings is 1. The Hall–Kier alpha value is -3.60. The van der Waals surface area contributed by atoms with Gasteiger partial charge in [0.25, 0.3) is 0 Å². The van der Waals surface area contributed by atoms with E-state index in [-0.39, 0.29) is 11.4 Å². The fourth-order valence-electron chi connectivity index (χ4n) is 4.88. The van der Waals surface area contributed by atoms with Crippen molar-refractivity contribution >= 4 is 17.6 Å². The van der Waals surface area contributed by atoms with Crippen molar-refractivity contribution in [2.24, 2.45) is 5.41 Å². The van der Waals surface area contributed by atoms with Crippen LogP contribution in [0, 0.1) is 16.7 Å². The fraction of sp³-hybridized carbons (Fsp3) is 0.462. The first-order chi connectivity index (χ1) is 16.1. The highest BCUT2D eigenvalue weighted by molar-refractivity contribution is 5.94. The Morgan fingerprint density at radius 2 is 1.94 bits per heavy atom. The minimum atomic E-state index is -0.395. The third kappa shape index (κ3) is 3.85. The summed E-state index contributed by atoms with van der Waals surface area (Å²) in [5, 5.41) is 21.3. The molecule has 2 aromatic heterocycles. The van der Waals surface area contributed by atoms with E-state index in [0.29, 0.717) is 34.3 Å². The van der Waals surface area contributed by atoms with Crippen molar-refractivity contribution in [3.63, 3.8) is 0 Å². The van der Waals surface area contributed by atoms with Gasteiger partial charge in [-0.15, -0.1) is 0 Å². The van der Waals surface area contributed by atoms with E-state index in [1.807, 2.05) is 37.3 Å². The van der Waals surface area contributed by atoms with Crippen LogP contribution in [-0.4, -0.2) is 20.8 Å². The summed E-state index contributed by atoms with van der Waals surface area (Å²) in [6.07, 6.45) is 4.15. The van der Waals surface area contributed by atoms with Gasteiger partial charge in [-0.1, -0.05) is 43.3 Å². The van der Waals surface area contributed by atoms with E-state index in [2.05, 4.69) is 42.4 Å². The van der Waals surface area contributed by atoms with Crippen LogP contribution < -0.4 is 11.1 Å². The topological polar surface area (TPSA) is 123 Å². The van der Waals surface area contributed by atoms with Crippen molar-refractivity contribution in [2.75, 3.05) is 11.1 Å². The van der Waals surface area contributed by atoms with Gasteiger partial charge >= 0.3 is 0 Å². The molecule has 1 atom stereocenters. The summed E-state index contributed by atoms with van der Waals surface area (Å²) in [4.78, 5) is 12.8. The van der Waals surface area contributed by atoms with Gasteiger partial charge in [0.2, 0.25) is 11.8 Å². The van der Waals surface area contributed by atoms with Crippen LogP contribution in [0.2, 0.25) is 0 Å². The zero-order valence-electron chi connectivity index (χ0n) is 20.1. The number of nitriles is 1. The van der Waals surface area contributed by atoms with Crippen LogP contribution in [0.1, 0.15) is 82.0 Å². The fourth-order valence-corrected chi connectivity index (χ4v) is 4.88. The van der Waals surface area contributed by atoms with Crippen molar-refractivity contribution in [2.45, 2.75) is 70.8 Å². The number of carbonyl (C=O) groups excluding carboxylic acids is 1. The largest absolute Gasteiger partial charge is 0.383 e. The molecule has 2 heterocycles. The Kier molecular flexibility index (Phi) is 5.05. The molecule has 1 unspecified atom stereocenters. The number of amides is 1. The molecule has 176 valence electrons. The van der Waals surface area contributed by atoms with Crippen molar-refractivity contribution in [1.82, 2.24) is 14.9 Å². The third-order valence-electron chi connectivity index (χ3n) is 7.39. The summed E-state index contributed by atoms with van der Waals surface area (Å²) in [6.45, 7) is 8.43. The Morgan fingerprint density at radius 3 is 2.53 bits per heavy atom. The van der Waals surface area contributed by atoms with E-state index in [0.717, 1.165) is 42.5 Å².